The number of nitrogens with zero attached hydrogens (tertiary/aromatic N) is 4. The van der Waals surface area contributed by atoms with Crippen LogP contribution in [0.4, 0.5) is 4.79 Å². The fourth-order valence-electron chi connectivity index (χ4n) is 2.32. The van der Waals surface area contributed by atoms with Gasteiger partial charge in [0.05, 0.1) is 0 Å². The summed E-state index contributed by atoms with van der Waals surface area (Å²) in [5.41, 5.74) is 0. The summed E-state index contributed by atoms with van der Waals surface area (Å²) in [5.74, 6) is 0.118. The third-order valence-electron chi connectivity index (χ3n) is 3.65. The van der Waals surface area contributed by atoms with Gasteiger partial charge in [0, 0.05) is 19.6 Å². The van der Waals surface area contributed by atoms with E-state index in [1.54, 1.807) is 4.90 Å². The molecule has 3 amide bonds. The Morgan fingerprint density at radius 2 is 1.55 bits per heavy atom. The van der Waals surface area contributed by atoms with Crippen molar-refractivity contribution in [2.45, 2.75) is 46.0 Å². The van der Waals surface area contributed by atoms with Crippen molar-refractivity contribution in [3.05, 3.63) is 0 Å². The maximum absolute atomic E-state index is 12.4. The number of rotatable bonds is 10. The number of aliphatic imine (C=N–C) groups is 1. The lowest BCUT2D eigenvalue weighted by molar-refractivity contribution is -0.120. The van der Waals surface area contributed by atoms with E-state index in [1.807, 2.05) is 14.1 Å². The Hall–Kier alpha value is -1.43. The van der Waals surface area contributed by atoms with E-state index in [2.05, 4.69) is 23.7 Å². The molecule has 0 N–H and O–H groups in total. The van der Waals surface area contributed by atoms with Crippen molar-refractivity contribution < 1.29 is 9.59 Å². The first kappa shape index (κ1) is 18.6. The number of hydrogen-bond acceptors (Lipinski definition) is 4. The highest BCUT2D eigenvalue weighted by atomic mass is 16.2. The van der Waals surface area contributed by atoms with Gasteiger partial charge in [-0.05, 0) is 39.9 Å². The van der Waals surface area contributed by atoms with Gasteiger partial charge < -0.3 is 4.90 Å². The molecule has 0 unspecified atom stereocenters. The first-order valence-electron chi connectivity index (χ1n) is 8.35. The third-order valence-corrected chi connectivity index (χ3v) is 3.65. The van der Waals surface area contributed by atoms with Gasteiger partial charge in [-0.25, -0.2) is 4.79 Å². The van der Waals surface area contributed by atoms with Crippen molar-refractivity contribution in [3.63, 3.8) is 0 Å². The maximum atomic E-state index is 12.4. The van der Waals surface area contributed by atoms with Crippen molar-refractivity contribution in [1.29, 1.82) is 0 Å². The van der Waals surface area contributed by atoms with Gasteiger partial charge in [0.25, 0.3) is 5.91 Å². The molecular formula is C16H30N4O2. The molecule has 1 aliphatic rings. The van der Waals surface area contributed by atoms with Crippen molar-refractivity contribution in [1.82, 2.24) is 14.7 Å². The van der Waals surface area contributed by atoms with E-state index in [0.29, 0.717) is 25.5 Å². The Morgan fingerprint density at radius 3 is 2.09 bits per heavy atom. The number of amidine groups is 1. The molecule has 1 fully saturated rings. The topological polar surface area (TPSA) is 56.2 Å². The third kappa shape index (κ3) is 5.09. The average molecular weight is 310 g/mol. The monoisotopic (exact) mass is 310 g/mol. The predicted molar refractivity (Wildman–Crippen MR) is 89.1 cm³/mol. The fraction of sp³-hybridized carbons (Fsp3) is 0.812. The molecule has 1 aliphatic heterocycles. The summed E-state index contributed by atoms with van der Waals surface area (Å²) >= 11 is 0. The quantitative estimate of drug-likeness (QED) is 0.459. The Bertz CT molecular complexity index is 407. The van der Waals surface area contributed by atoms with Crippen LogP contribution in [0.1, 0.15) is 46.0 Å². The standard InChI is InChI=1S/C16H30N4O2/c1-5-7-12-19-14(17-10-9-11-18(3)4)15(21)20(16(19)22)13-8-6-2/h5-13H2,1-4H3. The molecule has 0 aromatic carbocycles. The number of unbranched alkanes of at least 4 members (excludes halogenated alkanes) is 2. The second kappa shape index (κ2) is 9.56. The largest absolute Gasteiger partial charge is 0.332 e. The summed E-state index contributed by atoms with van der Waals surface area (Å²) in [6.45, 7) is 6.70. The number of carbonyl (C=O) groups is 2. The molecule has 1 rings (SSSR count). The molecule has 0 bridgehead atoms. The molecular weight excluding hydrogens is 280 g/mol. The lowest BCUT2D eigenvalue weighted by Crippen LogP contribution is -2.34. The van der Waals surface area contributed by atoms with Gasteiger partial charge in [-0.2, -0.15) is 0 Å². The number of amides is 3. The molecule has 0 aliphatic carbocycles. The van der Waals surface area contributed by atoms with Gasteiger partial charge >= 0.3 is 6.03 Å². The molecule has 0 saturated carbocycles. The summed E-state index contributed by atoms with van der Waals surface area (Å²) in [5, 5.41) is 0. The second-order valence-corrected chi connectivity index (χ2v) is 5.96. The smallest absolute Gasteiger partial charge is 0.309 e. The fourth-order valence-corrected chi connectivity index (χ4v) is 2.32. The number of imide groups is 1. The zero-order valence-electron chi connectivity index (χ0n) is 14.5. The zero-order chi connectivity index (χ0) is 16.5. The molecule has 0 aromatic heterocycles. The van der Waals surface area contributed by atoms with E-state index < -0.39 is 0 Å². The van der Waals surface area contributed by atoms with Crippen molar-refractivity contribution >= 4 is 17.8 Å². The highest BCUT2D eigenvalue weighted by Gasteiger charge is 2.41. The van der Waals surface area contributed by atoms with Crippen LogP contribution in [0.5, 0.6) is 0 Å². The van der Waals surface area contributed by atoms with Crippen LogP contribution in [0.2, 0.25) is 0 Å². The van der Waals surface area contributed by atoms with Crippen LogP contribution in [0.25, 0.3) is 0 Å². The minimum Gasteiger partial charge on any atom is -0.309 e. The van der Waals surface area contributed by atoms with Crippen LogP contribution < -0.4 is 0 Å². The van der Waals surface area contributed by atoms with E-state index in [0.717, 1.165) is 38.6 Å². The molecule has 126 valence electrons. The van der Waals surface area contributed by atoms with Crippen molar-refractivity contribution in [3.8, 4) is 0 Å². The highest BCUT2D eigenvalue weighted by molar-refractivity contribution is 6.46. The van der Waals surface area contributed by atoms with E-state index in [9.17, 15) is 9.59 Å². The molecule has 6 nitrogen and oxygen atoms in total. The van der Waals surface area contributed by atoms with E-state index >= 15 is 0 Å². The molecule has 0 aromatic rings. The Kier molecular flexibility index (Phi) is 8.09. The second-order valence-electron chi connectivity index (χ2n) is 5.96. The van der Waals surface area contributed by atoms with Crippen LogP contribution in [0.3, 0.4) is 0 Å². The first-order valence-corrected chi connectivity index (χ1v) is 8.35. The lowest BCUT2D eigenvalue weighted by atomic mass is 10.3. The lowest BCUT2D eigenvalue weighted by Gasteiger charge is -2.16. The van der Waals surface area contributed by atoms with Gasteiger partial charge in [-0.1, -0.05) is 26.7 Å². The van der Waals surface area contributed by atoms with Gasteiger partial charge in [0.2, 0.25) is 0 Å². The summed E-state index contributed by atoms with van der Waals surface area (Å²) in [6.07, 6.45) is 4.56. The van der Waals surface area contributed by atoms with E-state index in [4.69, 9.17) is 0 Å². The Morgan fingerprint density at radius 1 is 0.955 bits per heavy atom. The van der Waals surface area contributed by atoms with Gasteiger partial charge in [-0.15, -0.1) is 0 Å². The molecule has 22 heavy (non-hydrogen) atoms. The predicted octanol–water partition coefficient (Wildman–Crippen LogP) is 2.20. The van der Waals surface area contributed by atoms with Gasteiger partial charge in [-0.3, -0.25) is 19.6 Å². The number of hydrogen-bond donors (Lipinski definition) is 0. The molecule has 0 radical (unpaired) electrons. The minimum absolute atomic E-state index is 0.196. The zero-order valence-corrected chi connectivity index (χ0v) is 14.5. The minimum atomic E-state index is -0.223. The number of carbonyl (C=O) groups excluding carboxylic acids is 2. The van der Waals surface area contributed by atoms with Crippen molar-refractivity contribution in [2.24, 2.45) is 4.99 Å². The van der Waals surface area contributed by atoms with Gasteiger partial charge in [0.15, 0.2) is 5.84 Å². The van der Waals surface area contributed by atoms with Crippen LogP contribution in [-0.2, 0) is 4.79 Å². The summed E-state index contributed by atoms with van der Waals surface area (Å²) in [4.78, 5) is 34.3. The normalized spacial score (nSPS) is 17.4. The van der Waals surface area contributed by atoms with E-state index in [-0.39, 0.29) is 11.9 Å². The summed E-state index contributed by atoms with van der Waals surface area (Å²) < 4.78 is 0. The van der Waals surface area contributed by atoms with Crippen LogP contribution in [-0.4, -0.2) is 72.7 Å². The summed E-state index contributed by atoms with van der Waals surface area (Å²) in [6, 6.07) is -0.196. The maximum Gasteiger partial charge on any atom is 0.332 e. The highest BCUT2D eigenvalue weighted by Crippen LogP contribution is 2.15. The average Bonchev–Trinajstić information content (AvgIpc) is 2.70. The Labute approximate surface area is 134 Å². The molecule has 0 atom stereocenters. The SMILES string of the molecule is CCCCN1C(=O)C(=NCCCN(C)C)N(CCCC)C1=O. The molecule has 6 heteroatoms. The Balaban J connectivity index is 2.77. The van der Waals surface area contributed by atoms with Gasteiger partial charge in [0.1, 0.15) is 0 Å². The van der Waals surface area contributed by atoms with Crippen LogP contribution in [0, 0.1) is 0 Å². The number of urea groups is 1. The first-order chi connectivity index (χ1) is 10.5. The van der Waals surface area contributed by atoms with Crippen LogP contribution in [0.15, 0.2) is 4.99 Å². The van der Waals surface area contributed by atoms with E-state index in [1.165, 1.54) is 4.90 Å². The van der Waals surface area contributed by atoms with Crippen molar-refractivity contribution in [2.75, 3.05) is 40.3 Å². The van der Waals surface area contributed by atoms with Crippen LogP contribution >= 0.6 is 0 Å². The molecule has 1 heterocycles. The molecule has 0 spiro atoms. The summed E-state index contributed by atoms with van der Waals surface area (Å²) in [7, 11) is 4.02. The molecule has 1 saturated heterocycles.